The van der Waals surface area contributed by atoms with E-state index in [4.69, 9.17) is 16.2 Å². The van der Waals surface area contributed by atoms with Gasteiger partial charge in [-0.3, -0.25) is 4.79 Å². The number of nitrogens with zero attached hydrogens (tertiary/aromatic N) is 1. The van der Waals surface area contributed by atoms with E-state index in [1.54, 1.807) is 0 Å². The Balaban J connectivity index is 1.66. The normalized spacial score (nSPS) is 25.8. The van der Waals surface area contributed by atoms with Gasteiger partial charge in [0.2, 0.25) is 11.8 Å². The van der Waals surface area contributed by atoms with Gasteiger partial charge in [-0.1, -0.05) is 0 Å². The molecule has 0 radical (unpaired) electrons. The Morgan fingerprint density at radius 1 is 1.27 bits per heavy atom. The lowest BCUT2D eigenvalue weighted by Crippen LogP contribution is -2.31. The first-order chi connectivity index (χ1) is 12.6. The maximum absolute atomic E-state index is 11.3. The minimum absolute atomic E-state index is 0.205. The molecule has 26 heavy (non-hydrogen) atoms. The summed E-state index contributed by atoms with van der Waals surface area (Å²) in [5, 5.41) is 1.18. The van der Waals surface area contributed by atoms with Crippen LogP contribution in [-0.4, -0.2) is 23.0 Å². The summed E-state index contributed by atoms with van der Waals surface area (Å²) in [6.07, 6.45) is 10.7. The van der Waals surface area contributed by atoms with E-state index in [1.807, 2.05) is 17.5 Å². The Morgan fingerprint density at radius 2 is 2.08 bits per heavy atom. The summed E-state index contributed by atoms with van der Waals surface area (Å²) in [4.78, 5) is 17.3. The molecule has 2 aromatic rings. The molecule has 4 rings (SSSR count). The van der Waals surface area contributed by atoms with Crippen molar-refractivity contribution in [1.29, 1.82) is 0 Å². The van der Waals surface area contributed by atoms with Crippen molar-refractivity contribution < 1.29 is 9.53 Å². The zero-order valence-corrected chi connectivity index (χ0v) is 15.9. The number of carbonyl (C=O) groups is 1. The molecule has 0 spiro atoms. The number of thiophene rings is 1. The van der Waals surface area contributed by atoms with Crippen LogP contribution in [0.2, 0.25) is 0 Å². The molecule has 5 nitrogen and oxygen atoms in total. The average Bonchev–Trinajstić information content (AvgIpc) is 3.02. The van der Waals surface area contributed by atoms with Crippen LogP contribution >= 0.6 is 11.3 Å². The molecule has 0 bridgehead atoms. The molecule has 1 saturated carbocycles. The average molecular weight is 374 g/mol. The topological polar surface area (TPSA) is 91.2 Å². The summed E-state index contributed by atoms with van der Waals surface area (Å²) >= 11 is 1.86. The second-order valence-corrected chi connectivity index (χ2v) is 8.81. The van der Waals surface area contributed by atoms with Gasteiger partial charge in [-0.15, -0.1) is 11.3 Å². The molecule has 2 aliphatic rings. The Kier molecular flexibility index (Phi) is 5.14. The van der Waals surface area contributed by atoms with Crippen LogP contribution in [0.25, 0.3) is 10.1 Å². The molecular weight excluding hydrogens is 346 g/mol. The lowest BCUT2D eigenvalue weighted by molar-refractivity contribution is -0.118. The van der Waals surface area contributed by atoms with Crippen LogP contribution in [0.3, 0.4) is 0 Å². The second kappa shape index (κ2) is 7.53. The van der Waals surface area contributed by atoms with Gasteiger partial charge in [-0.25, -0.2) is 4.98 Å². The lowest BCUT2D eigenvalue weighted by Gasteiger charge is -2.27. The standard InChI is InChI=1S/C20H27N3O2S/c21-13-5-7-14(8-6-13)25-20-19-16(10-11-23-20)26-15-3-1-2-12(18(15)19)4-9-17(22)24/h10-14H,1-9,21H2,(H2,22,24)/t12-,13?,14?/m1/s1. The molecule has 1 amide bonds. The summed E-state index contributed by atoms with van der Waals surface area (Å²) in [5.41, 5.74) is 12.8. The van der Waals surface area contributed by atoms with Crippen LogP contribution in [0.15, 0.2) is 12.3 Å². The van der Waals surface area contributed by atoms with Gasteiger partial charge in [-0.05, 0) is 68.9 Å². The summed E-state index contributed by atoms with van der Waals surface area (Å²) in [6, 6.07) is 2.40. The summed E-state index contributed by atoms with van der Waals surface area (Å²) < 4.78 is 7.61. The third kappa shape index (κ3) is 3.58. The van der Waals surface area contributed by atoms with Gasteiger partial charge in [0.15, 0.2) is 0 Å². The molecule has 2 aromatic heterocycles. The Labute approximate surface area is 158 Å². The van der Waals surface area contributed by atoms with Crippen LogP contribution in [0, 0.1) is 0 Å². The van der Waals surface area contributed by atoms with Gasteiger partial charge in [0.25, 0.3) is 0 Å². The van der Waals surface area contributed by atoms with Gasteiger partial charge < -0.3 is 16.2 Å². The summed E-state index contributed by atoms with van der Waals surface area (Å²) in [5.74, 6) is 0.933. The molecule has 2 heterocycles. The van der Waals surface area contributed by atoms with Gasteiger partial charge in [0.1, 0.15) is 6.10 Å². The van der Waals surface area contributed by atoms with Crippen LogP contribution in [0.5, 0.6) is 5.88 Å². The molecule has 0 aliphatic heterocycles. The van der Waals surface area contributed by atoms with E-state index in [0.717, 1.165) is 50.8 Å². The molecule has 6 heteroatoms. The number of amides is 1. The smallest absolute Gasteiger partial charge is 0.222 e. The van der Waals surface area contributed by atoms with Crippen LogP contribution in [-0.2, 0) is 11.2 Å². The van der Waals surface area contributed by atoms with Crippen molar-refractivity contribution in [2.45, 2.75) is 75.9 Å². The van der Waals surface area contributed by atoms with Crippen molar-refractivity contribution in [3.63, 3.8) is 0 Å². The fourth-order valence-corrected chi connectivity index (χ4v) is 5.73. The highest BCUT2D eigenvalue weighted by Gasteiger charge is 2.29. The first-order valence-electron chi connectivity index (χ1n) is 9.72. The van der Waals surface area contributed by atoms with Crippen molar-refractivity contribution in [2.24, 2.45) is 11.5 Å². The molecular formula is C20H27N3O2S. The monoisotopic (exact) mass is 373 g/mol. The van der Waals surface area contributed by atoms with E-state index in [1.165, 1.54) is 26.9 Å². The van der Waals surface area contributed by atoms with E-state index >= 15 is 0 Å². The Morgan fingerprint density at radius 3 is 2.85 bits per heavy atom. The van der Waals surface area contributed by atoms with E-state index in [0.29, 0.717) is 18.4 Å². The highest BCUT2D eigenvalue weighted by atomic mass is 32.1. The summed E-state index contributed by atoms with van der Waals surface area (Å²) in [7, 11) is 0. The van der Waals surface area contributed by atoms with Crippen molar-refractivity contribution in [3.05, 3.63) is 22.7 Å². The number of hydrogen-bond acceptors (Lipinski definition) is 5. The van der Waals surface area contributed by atoms with Crippen molar-refractivity contribution in [2.75, 3.05) is 0 Å². The predicted octanol–water partition coefficient (Wildman–Crippen LogP) is 3.63. The van der Waals surface area contributed by atoms with E-state index < -0.39 is 0 Å². The number of carbonyl (C=O) groups excluding carboxylic acids is 1. The summed E-state index contributed by atoms with van der Waals surface area (Å²) in [6.45, 7) is 0. The van der Waals surface area contributed by atoms with E-state index in [-0.39, 0.29) is 12.0 Å². The van der Waals surface area contributed by atoms with Gasteiger partial charge in [0, 0.05) is 28.2 Å². The van der Waals surface area contributed by atoms with Crippen LogP contribution in [0.1, 0.15) is 67.7 Å². The minimum atomic E-state index is -0.218. The van der Waals surface area contributed by atoms with Gasteiger partial charge in [0.05, 0.1) is 5.39 Å². The quantitative estimate of drug-likeness (QED) is 0.837. The fraction of sp³-hybridized carbons (Fsp3) is 0.600. The number of ether oxygens (including phenoxy) is 1. The van der Waals surface area contributed by atoms with Crippen LogP contribution < -0.4 is 16.2 Å². The fourth-order valence-electron chi connectivity index (χ4n) is 4.42. The van der Waals surface area contributed by atoms with Gasteiger partial charge in [-0.2, -0.15) is 0 Å². The number of fused-ring (bicyclic) bond motifs is 3. The highest BCUT2D eigenvalue weighted by molar-refractivity contribution is 7.19. The minimum Gasteiger partial charge on any atom is -0.474 e. The molecule has 4 N–H and O–H groups in total. The van der Waals surface area contributed by atoms with E-state index in [2.05, 4.69) is 11.1 Å². The van der Waals surface area contributed by atoms with Crippen molar-refractivity contribution in [3.8, 4) is 5.88 Å². The predicted molar refractivity (Wildman–Crippen MR) is 105 cm³/mol. The largest absolute Gasteiger partial charge is 0.474 e. The maximum Gasteiger partial charge on any atom is 0.222 e. The molecule has 0 aromatic carbocycles. The number of aromatic nitrogens is 1. The molecule has 1 fully saturated rings. The number of aryl methyl sites for hydroxylation is 1. The van der Waals surface area contributed by atoms with Crippen molar-refractivity contribution in [1.82, 2.24) is 4.98 Å². The number of hydrogen-bond donors (Lipinski definition) is 2. The first kappa shape index (κ1) is 17.7. The van der Waals surface area contributed by atoms with Crippen LogP contribution in [0.4, 0.5) is 0 Å². The second-order valence-electron chi connectivity index (χ2n) is 7.68. The molecule has 1 atom stereocenters. The number of pyridine rings is 1. The highest BCUT2D eigenvalue weighted by Crippen LogP contribution is 2.47. The Bertz CT molecular complexity index is 796. The zero-order chi connectivity index (χ0) is 18.1. The number of primary amides is 1. The Hall–Kier alpha value is -1.66. The molecule has 2 aliphatic carbocycles. The zero-order valence-electron chi connectivity index (χ0n) is 15.1. The van der Waals surface area contributed by atoms with Gasteiger partial charge >= 0.3 is 0 Å². The van der Waals surface area contributed by atoms with E-state index in [9.17, 15) is 4.79 Å². The number of rotatable bonds is 5. The van der Waals surface area contributed by atoms with Crippen molar-refractivity contribution >= 4 is 27.3 Å². The number of nitrogens with two attached hydrogens (primary N) is 2. The maximum atomic E-state index is 11.3. The lowest BCUT2D eigenvalue weighted by atomic mass is 9.83. The third-order valence-corrected chi connectivity index (χ3v) is 7.01. The molecule has 0 saturated heterocycles. The SMILES string of the molecule is NC(=O)CC[C@H]1CCCc2sc3ccnc(OC4CCC(N)CC4)c3c21. The molecule has 140 valence electrons. The first-order valence-corrected chi connectivity index (χ1v) is 10.5. The molecule has 0 unspecified atom stereocenters. The third-order valence-electron chi connectivity index (χ3n) is 5.78.